The van der Waals surface area contributed by atoms with Gasteiger partial charge in [-0.3, -0.25) is 0 Å². The van der Waals surface area contributed by atoms with Crippen LogP contribution in [0.4, 0.5) is 5.69 Å². The highest BCUT2D eigenvalue weighted by molar-refractivity contribution is 6.30. The van der Waals surface area contributed by atoms with Gasteiger partial charge in [0.15, 0.2) is 0 Å². The number of hydrogen-bond acceptors (Lipinski definition) is 1. The standard InChI is InChI=1S/C14H18ClN/c1-4-6-10-16(12(3)5-2)14-9-7-8-13(15)11-14/h4-9,11-12H,2,10H2,1,3H3/b6-4+. The first-order valence-corrected chi connectivity index (χ1v) is 5.82. The van der Waals surface area contributed by atoms with Crippen LogP contribution in [-0.2, 0) is 0 Å². The van der Waals surface area contributed by atoms with E-state index in [0.29, 0.717) is 0 Å². The van der Waals surface area contributed by atoms with Crippen molar-refractivity contribution in [1.29, 1.82) is 0 Å². The van der Waals surface area contributed by atoms with E-state index in [1.165, 1.54) is 0 Å². The average molecular weight is 236 g/mol. The molecule has 0 aromatic heterocycles. The second kappa shape index (κ2) is 6.39. The maximum absolute atomic E-state index is 6.00. The predicted octanol–water partition coefficient (Wildman–Crippen LogP) is 4.30. The molecule has 0 heterocycles. The molecule has 0 aliphatic heterocycles. The van der Waals surface area contributed by atoms with Gasteiger partial charge in [0.2, 0.25) is 0 Å². The van der Waals surface area contributed by atoms with Crippen molar-refractivity contribution in [3.05, 3.63) is 54.1 Å². The summed E-state index contributed by atoms with van der Waals surface area (Å²) in [4.78, 5) is 2.25. The summed E-state index contributed by atoms with van der Waals surface area (Å²) in [5.41, 5.74) is 1.12. The van der Waals surface area contributed by atoms with Gasteiger partial charge in [-0.2, -0.15) is 0 Å². The Balaban J connectivity index is 2.95. The molecule has 0 spiro atoms. The Morgan fingerprint density at radius 1 is 1.50 bits per heavy atom. The average Bonchev–Trinajstić information content (AvgIpc) is 2.29. The molecule has 1 nitrogen and oxygen atoms in total. The highest BCUT2D eigenvalue weighted by Gasteiger charge is 2.10. The van der Waals surface area contributed by atoms with Gasteiger partial charge < -0.3 is 4.90 Å². The van der Waals surface area contributed by atoms with Crippen molar-refractivity contribution >= 4 is 17.3 Å². The zero-order chi connectivity index (χ0) is 12.0. The molecular weight excluding hydrogens is 218 g/mol. The van der Waals surface area contributed by atoms with Gasteiger partial charge >= 0.3 is 0 Å². The van der Waals surface area contributed by atoms with Crippen LogP contribution < -0.4 is 4.90 Å². The second-order valence-electron chi connectivity index (χ2n) is 3.68. The van der Waals surface area contributed by atoms with E-state index >= 15 is 0 Å². The molecule has 86 valence electrons. The Morgan fingerprint density at radius 3 is 2.81 bits per heavy atom. The van der Waals surface area contributed by atoms with E-state index in [9.17, 15) is 0 Å². The van der Waals surface area contributed by atoms with Crippen LogP contribution >= 0.6 is 11.6 Å². The van der Waals surface area contributed by atoms with E-state index in [0.717, 1.165) is 17.3 Å². The highest BCUT2D eigenvalue weighted by atomic mass is 35.5. The van der Waals surface area contributed by atoms with Gasteiger partial charge in [-0.05, 0) is 32.0 Å². The van der Waals surface area contributed by atoms with Gasteiger partial charge in [0.25, 0.3) is 0 Å². The minimum absolute atomic E-state index is 0.287. The molecule has 1 rings (SSSR count). The molecule has 1 unspecified atom stereocenters. The molecule has 2 heteroatoms. The number of anilines is 1. The lowest BCUT2D eigenvalue weighted by Gasteiger charge is -2.28. The smallest absolute Gasteiger partial charge is 0.0445 e. The molecule has 0 N–H and O–H groups in total. The summed E-state index contributed by atoms with van der Waals surface area (Å²) in [5.74, 6) is 0. The molecule has 0 amide bonds. The number of rotatable bonds is 5. The Bertz CT molecular complexity index is 371. The minimum atomic E-state index is 0.287. The van der Waals surface area contributed by atoms with Gasteiger partial charge in [-0.25, -0.2) is 0 Å². The molecule has 1 atom stereocenters. The number of allylic oxidation sites excluding steroid dienone is 1. The maximum atomic E-state index is 6.00. The van der Waals surface area contributed by atoms with Gasteiger partial charge in [0, 0.05) is 23.3 Å². The van der Waals surface area contributed by atoms with Crippen LogP contribution in [0.2, 0.25) is 5.02 Å². The van der Waals surface area contributed by atoms with Crippen molar-refractivity contribution in [1.82, 2.24) is 0 Å². The van der Waals surface area contributed by atoms with Crippen LogP contribution in [0.15, 0.2) is 49.1 Å². The van der Waals surface area contributed by atoms with Crippen LogP contribution in [0.3, 0.4) is 0 Å². The minimum Gasteiger partial charge on any atom is -0.362 e. The van der Waals surface area contributed by atoms with Crippen LogP contribution in [-0.4, -0.2) is 12.6 Å². The Kier molecular flexibility index (Phi) is 5.13. The summed E-state index contributed by atoms with van der Waals surface area (Å²) in [5, 5.41) is 0.763. The monoisotopic (exact) mass is 235 g/mol. The van der Waals surface area contributed by atoms with E-state index in [1.807, 2.05) is 37.3 Å². The first kappa shape index (κ1) is 12.9. The molecule has 1 aromatic carbocycles. The number of halogens is 1. The second-order valence-corrected chi connectivity index (χ2v) is 4.11. The summed E-state index contributed by atoms with van der Waals surface area (Å²) < 4.78 is 0. The summed E-state index contributed by atoms with van der Waals surface area (Å²) >= 11 is 6.00. The molecule has 0 bridgehead atoms. The molecular formula is C14H18ClN. The predicted molar refractivity (Wildman–Crippen MR) is 73.3 cm³/mol. The van der Waals surface area contributed by atoms with E-state index in [1.54, 1.807) is 0 Å². The topological polar surface area (TPSA) is 3.24 Å². The molecule has 0 aliphatic rings. The van der Waals surface area contributed by atoms with E-state index < -0.39 is 0 Å². The van der Waals surface area contributed by atoms with Crippen molar-refractivity contribution < 1.29 is 0 Å². The zero-order valence-electron chi connectivity index (χ0n) is 9.86. The summed E-state index contributed by atoms with van der Waals surface area (Å²) in [7, 11) is 0. The third-order valence-electron chi connectivity index (χ3n) is 2.51. The third kappa shape index (κ3) is 3.42. The lowest BCUT2D eigenvalue weighted by atomic mass is 10.2. The molecule has 0 radical (unpaired) electrons. The van der Waals surface area contributed by atoms with Crippen molar-refractivity contribution in [2.24, 2.45) is 0 Å². The van der Waals surface area contributed by atoms with Crippen molar-refractivity contribution in [3.8, 4) is 0 Å². The van der Waals surface area contributed by atoms with Crippen LogP contribution in [0, 0.1) is 0 Å². The first-order valence-electron chi connectivity index (χ1n) is 5.45. The van der Waals surface area contributed by atoms with Crippen LogP contribution in [0.5, 0.6) is 0 Å². The van der Waals surface area contributed by atoms with Crippen molar-refractivity contribution in [2.75, 3.05) is 11.4 Å². The summed E-state index contributed by atoms with van der Waals surface area (Å²) in [6.45, 7) is 8.85. The fraction of sp³-hybridized carbons (Fsp3) is 0.286. The largest absolute Gasteiger partial charge is 0.362 e. The number of nitrogens with zero attached hydrogens (tertiary/aromatic N) is 1. The lowest BCUT2D eigenvalue weighted by molar-refractivity contribution is 0.784. The molecule has 1 aromatic rings. The maximum Gasteiger partial charge on any atom is 0.0445 e. The highest BCUT2D eigenvalue weighted by Crippen LogP contribution is 2.21. The number of benzene rings is 1. The lowest BCUT2D eigenvalue weighted by Crippen LogP contribution is -2.31. The van der Waals surface area contributed by atoms with Crippen LogP contribution in [0.25, 0.3) is 0 Å². The molecule has 0 fully saturated rings. The van der Waals surface area contributed by atoms with Gasteiger partial charge in [0.1, 0.15) is 0 Å². The SMILES string of the molecule is C=CC(C)N(C/C=C/C)c1cccc(Cl)c1. The van der Waals surface area contributed by atoms with Crippen LogP contribution in [0.1, 0.15) is 13.8 Å². The van der Waals surface area contributed by atoms with E-state index in [2.05, 4.69) is 30.5 Å². The zero-order valence-corrected chi connectivity index (χ0v) is 10.6. The normalized spacial score (nSPS) is 12.7. The van der Waals surface area contributed by atoms with E-state index in [4.69, 9.17) is 11.6 Å². The quantitative estimate of drug-likeness (QED) is 0.688. The fourth-order valence-electron chi connectivity index (χ4n) is 1.51. The summed E-state index contributed by atoms with van der Waals surface area (Å²) in [6.07, 6.45) is 6.11. The van der Waals surface area contributed by atoms with Crippen molar-refractivity contribution in [2.45, 2.75) is 19.9 Å². The Morgan fingerprint density at radius 2 is 2.25 bits per heavy atom. The Labute approximate surface area is 103 Å². The molecule has 16 heavy (non-hydrogen) atoms. The number of hydrogen-bond donors (Lipinski definition) is 0. The Hall–Kier alpha value is -1.21. The molecule has 0 saturated heterocycles. The van der Waals surface area contributed by atoms with Crippen molar-refractivity contribution in [3.63, 3.8) is 0 Å². The fourth-order valence-corrected chi connectivity index (χ4v) is 1.69. The van der Waals surface area contributed by atoms with Gasteiger partial charge in [-0.15, -0.1) is 6.58 Å². The molecule has 0 saturated carbocycles. The third-order valence-corrected chi connectivity index (χ3v) is 2.75. The molecule has 0 aliphatic carbocycles. The summed E-state index contributed by atoms with van der Waals surface area (Å²) in [6, 6.07) is 8.18. The van der Waals surface area contributed by atoms with Gasteiger partial charge in [0.05, 0.1) is 0 Å². The first-order chi connectivity index (χ1) is 7.69. The van der Waals surface area contributed by atoms with Gasteiger partial charge in [-0.1, -0.05) is 35.9 Å². The van der Waals surface area contributed by atoms with E-state index in [-0.39, 0.29) is 6.04 Å².